The number of nitrogens with two attached hydrogens (primary N) is 1. The van der Waals surface area contributed by atoms with Gasteiger partial charge in [0.1, 0.15) is 5.82 Å². The second-order valence-electron chi connectivity index (χ2n) is 4.42. The van der Waals surface area contributed by atoms with Crippen molar-refractivity contribution in [2.24, 2.45) is 5.73 Å². The van der Waals surface area contributed by atoms with Gasteiger partial charge in [-0.3, -0.25) is 0 Å². The fraction of sp³-hybridized carbons (Fsp3) is 0.133. The lowest BCUT2D eigenvalue weighted by atomic mass is 9.97. The van der Waals surface area contributed by atoms with Crippen LogP contribution in [0.5, 0.6) is 0 Å². The Balaban J connectivity index is 2.03. The molecule has 1 aromatic heterocycles. The molecule has 0 aliphatic rings. The van der Waals surface area contributed by atoms with Crippen LogP contribution in [0.4, 0.5) is 4.39 Å². The van der Waals surface area contributed by atoms with Crippen molar-refractivity contribution in [1.29, 1.82) is 0 Å². The summed E-state index contributed by atoms with van der Waals surface area (Å²) < 4.78 is 13.8. The van der Waals surface area contributed by atoms with Crippen LogP contribution in [0.15, 0.2) is 48.0 Å². The lowest BCUT2D eigenvalue weighted by Gasteiger charge is -2.14. The maximum absolute atomic E-state index is 13.8. The Morgan fingerprint density at radius 1 is 1.16 bits per heavy atom. The van der Waals surface area contributed by atoms with Gasteiger partial charge < -0.3 is 5.73 Å². The molecule has 0 radical (unpaired) electrons. The zero-order chi connectivity index (χ0) is 13.2. The number of rotatable bonds is 3. The number of fused-ring (bicyclic) bond motifs is 1. The molecular formula is C15H13FN2S. The van der Waals surface area contributed by atoms with E-state index in [4.69, 9.17) is 5.73 Å². The van der Waals surface area contributed by atoms with Gasteiger partial charge in [0.2, 0.25) is 0 Å². The smallest absolute Gasteiger partial charge is 0.131 e. The van der Waals surface area contributed by atoms with Crippen molar-refractivity contribution in [2.45, 2.75) is 12.5 Å². The minimum absolute atomic E-state index is 0.170. The Hall–Kier alpha value is -1.78. The molecule has 0 aliphatic heterocycles. The first-order valence-electron chi connectivity index (χ1n) is 6.07. The normalized spacial score (nSPS) is 12.7. The van der Waals surface area contributed by atoms with Gasteiger partial charge in [0.05, 0.1) is 5.01 Å². The van der Waals surface area contributed by atoms with E-state index in [2.05, 4.69) is 4.98 Å². The number of hydrogen-bond acceptors (Lipinski definition) is 3. The maximum atomic E-state index is 13.8. The van der Waals surface area contributed by atoms with Gasteiger partial charge in [-0.25, -0.2) is 9.37 Å². The van der Waals surface area contributed by atoms with Crippen LogP contribution in [0.2, 0.25) is 0 Å². The highest BCUT2D eigenvalue weighted by Gasteiger charge is 2.13. The summed E-state index contributed by atoms with van der Waals surface area (Å²) >= 11 is 1.59. The van der Waals surface area contributed by atoms with Gasteiger partial charge in [0.25, 0.3) is 0 Å². The van der Waals surface area contributed by atoms with Crippen LogP contribution < -0.4 is 5.73 Å². The van der Waals surface area contributed by atoms with Crippen LogP contribution >= 0.6 is 11.3 Å². The molecule has 1 unspecified atom stereocenters. The zero-order valence-corrected chi connectivity index (χ0v) is 11.0. The molecule has 2 aromatic carbocycles. The van der Waals surface area contributed by atoms with Crippen molar-refractivity contribution < 1.29 is 4.39 Å². The summed E-state index contributed by atoms with van der Waals surface area (Å²) in [5.74, 6) is -0.208. The van der Waals surface area contributed by atoms with E-state index in [0.717, 1.165) is 16.0 Å². The van der Waals surface area contributed by atoms with Gasteiger partial charge in [-0.15, -0.1) is 11.3 Å². The van der Waals surface area contributed by atoms with Crippen LogP contribution in [0.3, 0.4) is 0 Å². The molecular weight excluding hydrogens is 259 g/mol. The number of halogens is 1. The highest BCUT2D eigenvalue weighted by molar-refractivity contribution is 7.09. The van der Waals surface area contributed by atoms with Gasteiger partial charge in [0, 0.05) is 29.4 Å². The molecule has 0 spiro atoms. The lowest BCUT2D eigenvalue weighted by Crippen LogP contribution is -2.13. The number of hydrogen-bond donors (Lipinski definition) is 1. The lowest BCUT2D eigenvalue weighted by molar-refractivity contribution is 0.637. The predicted molar refractivity (Wildman–Crippen MR) is 76.7 cm³/mol. The van der Waals surface area contributed by atoms with Crippen molar-refractivity contribution in [2.75, 3.05) is 0 Å². The van der Waals surface area contributed by atoms with Crippen LogP contribution in [0.1, 0.15) is 16.6 Å². The highest BCUT2D eigenvalue weighted by Crippen LogP contribution is 2.27. The summed E-state index contributed by atoms with van der Waals surface area (Å²) in [6, 6.07) is 10.5. The fourth-order valence-electron chi connectivity index (χ4n) is 2.26. The average molecular weight is 272 g/mol. The van der Waals surface area contributed by atoms with Crippen molar-refractivity contribution in [3.63, 3.8) is 0 Å². The maximum Gasteiger partial charge on any atom is 0.131 e. The van der Waals surface area contributed by atoms with Crippen molar-refractivity contribution >= 4 is 22.1 Å². The first-order valence-corrected chi connectivity index (χ1v) is 6.95. The van der Waals surface area contributed by atoms with E-state index in [1.165, 1.54) is 6.07 Å². The molecule has 3 aromatic rings. The van der Waals surface area contributed by atoms with E-state index < -0.39 is 0 Å². The van der Waals surface area contributed by atoms with Gasteiger partial charge >= 0.3 is 0 Å². The Kier molecular flexibility index (Phi) is 3.27. The molecule has 1 atom stereocenters. The first kappa shape index (κ1) is 12.3. The Labute approximate surface area is 114 Å². The zero-order valence-electron chi connectivity index (χ0n) is 10.2. The summed E-state index contributed by atoms with van der Waals surface area (Å²) in [5, 5.41) is 4.44. The van der Waals surface area contributed by atoms with Crippen LogP contribution in [-0.2, 0) is 6.42 Å². The van der Waals surface area contributed by atoms with Crippen molar-refractivity contribution in [3.8, 4) is 0 Å². The van der Waals surface area contributed by atoms with Gasteiger partial charge in [-0.1, -0.05) is 30.3 Å². The molecule has 3 rings (SSSR count). The number of benzene rings is 2. The van der Waals surface area contributed by atoms with Crippen molar-refractivity contribution in [1.82, 2.24) is 4.98 Å². The molecule has 0 bridgehead atoms. The van der Waals surface area contributed by atoms with E-state index >= 15 is 0 Å². The summed E-state index contributed by atoms with van der Waals surface area (Å²) in [6.07, 6.45) is 2.45. The van der Waals surface area contributed by atoms with Crippen molar-refractivity contribution in [3.05, 3.63) is 64.4 Å². The van der Waals surface area contributed by atoms with Gasteiger partial charge in [0.15, 0.2) is 0 Å². The Bertz CT molecular complexity index is 694. The van der Waals surface area contributed by atoms with Crippen LogP contribution in [0.25, 0.3) is 10.8 Å². The van der Waals surface area contributed by atoms with E-state index in [1.807, 2.05) is 23.6 Å². The van der Waals surface area contributed by atoms with Gasteiger partial charge in [-0.2, -0.15) is 0 Å². The largest absolute Gasteiger partial charge is 0.324 e. The third kappa shape index (κ3) is 2.37. The molecule has 2 nitrogen and oxygen atoms in total. The fourth-order valence-corrected chi connectivity index (χ4v) is 2.94. The van der Waals surface area contributed by atoms with Crippen LogP contribution in [-0.4, -0.2) is 4.98 Å². The third-order valence-electron chi connectivity index (χ3n) is 3.18. The number of thiazole rings is 1. The highest BCUT2D eigenvalue weighted by atomic mass is 32.1. The summed E-state index contributed by atoms with van der Waals surface area (Å²) in [7, 11) is 0. The van der Waals surface area contributed by atoms with E-state index in [9.17, 15) is 4.39 Å². The molecule has 96 valence electrons. The van der Waals surface area contributed by atoms with Gasteiger partial charge in [-0.05, 0) is 17.0 Å². The molecule has 0 saturated heterocycles. The molecule has 0 amide bonds. The Morgan fingerprint density at radius 3 is 2.68 bits per heavy atom. The first-order chi connectivity index (χ1) is 9.25. The molecule has 19 heavy (non-hydrogen) atoms. The van der Waals surface area contributed by atoms with E-state index in [-0.39, 0.29) is 11.9 Å². The minimum Gasteiger partial charge on any atom is -0.324 e. The summed E-state index contributed by atoms with van der Waals surface area (Å²) in [6.45, 7) is 0. The monoisotopic (exact) mass is 272 g/mol. The van der Waals surface area contributed by atoms with E-state index in [1.54, 1.807) is 29.7 Å². The van der Waals surface area contributed by atoms with E-state index in [0.29, 0.717) is 11.8 Å². The average Bonchev–Trinajstić information content (AvgIpc) is 2.92. The topological polar surface area (TPSA) is 38.9 Å². The second-order valence-corrected chi connectivity index (χ2v) is 5.40. The standard InChI is InChI=1S/C15H13FN2S/c16-13-6-5-12(10-3-1-2-4-11(10)13)14(17)9-15-18-7-8-19-15/h1-8,14H,9,17H2. The third-order valence-corrected chi connectivity index (χ3v) is 3.98. The SMILES string of the molecule is NC(Cc1nccs1)c1ccc(F)c2ccccc12. The molecule has 4 heteroatoms. The molecule has 0 saturated carbocycles. The molecule has 0 fully saturated rings. The molecule has 2 N–H and O–H groups in total. The summed E-state index contributed by atoms with van der Waals surface area (Å²) in [5.41, 5.74) is 7.21. The number of aromatic nitrogens is 1. The predicted octanol–water partition coefficient (Wildman–Crippen LogP) is 3.68. The quantitative estimate of drug-likeness (QED) is 0.790. The minimum atomic E-state index is -0.208. The summed E-state index contributed by atoms with van der Waals surface area (Å²) in [4.78, 5) is 4.24. The Morgan fingerprint density at radius 2 is 1.95 bits per heavy atom. The van der Waals surface area contributed by atoms with Crippen LogP contribution in [0, 0.1) is 5.82 Å². The molecule has 1 heterocycles. The second kappa shape index (κ2) is 5.07. The number of nitrogens with zero attached hydrogens (tertiary/aromatic N) is 1. The molecule has 0 aliphatic carbocycles.